The van der Waals surface area contributed by atoms with Gasteiger partial charge in [-0.1, -0.05) is 19.1 Å². The third-order valence-electron chi connectivity index (χ3n) is 1.56. The highest BCUT2D eigenvalue weighted by Gasteiger charge is 2.26. The molecule has 2 unspecified atom stereocenters. The predicted molar refractivity (Wildman–Crippen MR) is 52.4 cm³/mol. The molecule has 0 radical (unpaired) electrons. The number of primary amides is 1. The normalized spacial score (nSPS) is 43.1. The van der Waals surface area contributed by atoms with Gasteiger partial charge in [0.2, 0.25) is 5.91 Å². The van der Waals surface area contributed by atoms with Crippen molar-refractivity contribution >= 4 is 18.3 Å². The first-order valence-electron chi connectivity index (χ1n) is 6.97. The van der Waals surface area contributed by atoms with Crippen LogP contribution >= 0.6 is 12.4 Å². The maximum atomic E-state index is 10.8. The topological polar surface area (TPSA) is 89.3 Å². The Bertz CT molecular complexity index is 388. The van der Waals surface area contributed by atoms with Gasteiger partial charge in [-0.25, -0.2) is 0 Å². The van der Waals surface area contributed by atoms with Crippen LogP contribution in [0, 0.1) is 5.89 Å². The van der Waals surface area contributed by atoms with Crippen molar-refractivity contribution in [2.24, 2.45) is 17.4 Å². The second kappa shape index (κ2) is 5.42. The molecule has 1 saturated carbocycles. The first-order valence-corrected chi connectivity index (χ1v) is 3.47. The lowest BCUT2D eigenvalue weighted by molar-refractivity contribution is -0.127. The fourth-order valence-electron chi connectivity index (χ4n) is 0.811. The molecule has 1 aliphatic rings. The monoisotopic (exact) mass is 215 g/mol. The van der Waals surface area contributed by atoms with Crippen molar-refractivity contribution in [2.75, 3.05) is 0 Å². The fraction of sp³-hybridized carbons (Fsp3) is 0.875. The lowest BCUT2D eigenvalue weighted by Crippen LogP contribution is -2.45. The number of hydrogen-bond acceptors (Lipinski definition) is 3. The fourth-order valence-corrected chi connectivity index (χ4v) is 0.811. The molecule has 0 aromatic heterocycles. The Morgan fingerprint density at radius 3 is 2.77 bits per heavy atom. The van der Waals surface area contributed by atoms with Gasteiger partial charge in [0, 0.05) is 15.6 Å². The summed E-state index contributed by atoms with van der Waals surface area (Å²) in [6, 6.07) is -1.45. The van der Waals surface area contributed by atoms with E-state index in [1.165, 1.54) is 0 Å². The van der Waals surface area contributed by atoms with Gasteiger partial charge in [0.25, 0.3) is 0 Å². The van der Waals surface area contributed by atoms with Gasteiger partial charge in [0.15, 0.2) is 0 Å². The largest absolute Gasteiger partial charge is 0.382 e. The minimum atomic E-state index is -2.86. The zero-order chi connectivity index (χ0) is 15.4. The maximum absolute atomic E-state index is 10.8. The van der Waals surface area contributed by atoms with Crippen LogP contribution in [0.3, 0.4) is 0 Å². The molecule has 0 saturated heterocycles. The van der Waals surface area contributed by atoms with E-state index in [1.807, 2.05) is 0 Å². The van der Waals surface area contributed by atoms with Gasteiger partial charge in [0.1, 0.15) is 6.10 Å². The van der Waals surface area contributed by atoms with E-state index in [-0.39, 0.29) is 12.4 Å². The Labute approximate surface area is 93.9 Å². The molecule has 0 heterocycles. The summed E-state index contributed by atoms with van der Waals surface area (Å²) >= 11 is 0. The van der Waals surface area contributed by atoms with E-state index in [9.17, 15) is 9.90 Å². The summed E-state index contributed by atoms with van der Waals surface area (Å²) in [4.78, 5) is 10.8. The lowest BCUT2D eigenvalue weighted by atomic mass is 9.80. The third kappa shape index (κ3) is 3.50. The lowest BCUT2D eigenvalue weighted by Gasteiger charge is -2.29. The number of carbonyl (C=O) groups excluding carboxylic acids is 1. The van der Waals surface area contributed by atoms with Gasteiger partial charge in [-0.2, -0.15) is 0 Å². The van der Waals surface area contributed by atoms with Gasteiger partial charge in [-0.05, 0) is 12.3 Å². The van der Waals surface area contributed by atoms with Gasteiger partial charge >= 0.3 is 0 Å². The van der Waals surface area contributed by atoms with Crippen LogP contribution in [0.25, 0.3) is 0 Å². The summed E-state index contributed by atoms with van der Waals surface area (Å²) in [6.45, 7) is 0. The molecule has 0 spiro atoms. The highest BCUT2D eigenvalue weighted by atomic mass is 35.5. The summed E-state index contributed by atoms with van der Waals surface area (Å²) in [5.41, 5.74) is 10.2. The van der Waals surface area contributed by atoms with E-state index in [1.54, 1.807) is 0 Å². The summed E-state index contributed by atoms with van der Waals surface area (Å²) < 4.78 is 52.7. The second-order valence-corrected chi connectivity index (χ2v) is 2.57. The Morgan fingerprint density at radius 2 is 2.31 bits per heavy atom. The van der Waals surface area contributed by atoms with E-state index in [2.05, 4.69) is 0 Å². The zero-order valence-electron chi connectivity index (χ0n) is 13.8. The van der Waals surface area contributed by atoms with Crippen molar-refractivity contribution in [3.8, 4) is 0 Å². The zero-order valence-corrected chi connectivity index (χ0v) is 7.60. The first-order chi connectivity index (χ1) is 8.24. The maximum Gasteiger partial charge on any atom is 0.247 e. The number of carbonyl (C=O) groups is 1. The number of aliphatic hydroxyl groups is 1. The molecule has 5 heteroatoms. The van der Waals surface area contributed by atoms with Crippen LogP contribution < -0.4 is 11.5 Å². The molecule has 0 aromatic rings. The van der Waals surface area contributed by atoms with Crippen LogP contribution in [0.15, 0.2) is 0 Å². The van der Waals surface area contributed by atoms with E-state index >= 15 is 0 Å². The molecule has 1 fully saturated rings. The van der Waals surface area contributed by atoms with Crippen LogP contribution in [0.4, 0.5) is 0 Å². The molecular weight excluding hydrogens is 192 g/mol. The van der Waals surface area contributed by atoms with Crippen LogP contribution in [0.1, 0.15) is 35.1 Å². The highest BCUT2D eigenvalue weighted by Crippen LogP contribution is 2.30. The summed E-state index contributed by atoms with van der Waals surface area (Å²) in [5.74, 6) is -3.68. The summed E-state index contributed by atoms with van der Waals surface area (Å²) in [5, 5.41) is 9.33. The van der Waals surface area contributed by atoms with Crippen LogP contribution in [-0.4, -0.2) is 23.2 Å². The van der Waals surface area contributed by atoms with Gasteiger partial charge in [0.05, 0.1) is 0 Å². The molecule has 5 N–H and O–H groups in total. The number of rotatable bonds is 4. The third-order valence-corrected chi connectivity index (χ3v) is 1.56. The van der Waals surface area contributed by atoms with Gasteiger partial charge < -0.3 is 16.6 Å². The van der Waals surface area contributed by atoms with Gasteiger partial charge in [-0.3, -0.25) is 4.79 Å². The number of amides is 1. The number of halogens is 1. The second-order valence-electron chi connectivity index (χ2n) is 2.57. The summed E-state index contributed by atoms with van der Waals surface area (Å²) in [6.07, 6.45) is -11.1. The van der Waals surface area contributed by atoms with Crippen molar-refractivity contribution in [1.29, 1.82) is 0 Å². The molecular formula is C8H17ClN2O2. The van der Waals surface area contributed by atoms with Crippen molar-refractivity contribution < 1.29 is 19.5 Å². The van der Waals surface area contributed by atoms with Crippen LogP contribution in [0.5, 0.6) is 0 Å². The van der Waals surface area contributed by atoms with E-state index in [4.69, 9.17) is 21.1 Å². The average molecular weight is 216 g/mol. The van der Waals surface area contributed by atoms with Crippen molar-refractivity contribution in [3.63, 3.8) is 0 Å². The van der Waals surface area contributed by atoms with E-state index < -0.39 is 49.5 Å². The quantitative estimate of drug-likeness (QED) is 0.606. The first kappa shape index (κ1) is 4.96. The van der Waals surface area contributed by atoms with Crippen LogP contribution in [-0.2, 0) is 4.79 Å². The minimum Gasteiger partial charge on any atom is -0.382 e. The van der Waals surface area contributed by atoms with Crippen LogP contribution in [0.2, 0.25) is 0 Å². The number of nitrogens with two attached hydrogens (primary N) is 2. The molecule has 1 aliphatic carbocycles. The smallest absolute Gasteiger partial charge is 0.247 e. The standard InChI is InChI=1S/C8H16N2O2.ClH/c9-6(7(11)8(10)12)4-5-2-1-3-5;/h5-7,11H,1-4,9H2,(H2,10,12);1H/i1D2,2D2,3D2,5D;. The molecule has 1 amide bonds. The molecule has 78 valence electrons. The van der Waals surface area contributed by atoms with E-state index in [0.717, 1.165) is 0 Å². The Kier molecular flexibility index (Phi) is 2.07. The molecule has 13 heavy (non-hydrogen) atoms. The Morgan fingerprint density at radius 1 is 1.77 bits per heavy atom. The van der Waals surface area contributed by atoms with Crippen molar-refractivity contribution in [1.82, 2.24) is 0 Å². The van der Waals surface area contributed by atoms with Crippen molar-refractivity contribution in [2.45, 2.75) is 37.7 Å². The minimum absolute atomic E-state index is 0. The Hall–Kier alpha value is -0.320. The molecule has 1 rings (SSSR count). The predicted octanol–water partition coefficient (Wildman–Crippen LogP) is -0.228. The average Bonchev–Trinajstić information content (AvgIpc) is 2.25. The molecule has 0 aromatic carbocycles. The number of aliphatic hydroxyl groups excluding tert-OH is 1. The Balaban J connectivity index is 0.00000361. The highest BCUT2D eigenvalue weighted by molar-refractivity contribution is 5.85. The SMILES string of the molecule is Cl.[2H]C1([2H])C([2H])([2H])C([2H])(CC(N)C(O)C(N)=O)C1([2H])[2H]. The molecule has 0 aliphatic heterocycles. The molecule has 4 nitrogen and oxygen atoms in total. The van der Waals surface area contributed by atoms with E-state index in [0.29, 0.717) is 0 Å². The van der Waals surface area contributed by atoms with Crippen molar-refractivity contribution in [3.05, 3.63) is 0 Å². The van der Waals surface area contributed by atoms with Gasteiger partial charge in [-0.15, -0.1) is 12.4 Å². The molecule has 2 atom stereocenters. The summed E-state index contributed by atoms with van der Waals surface area (Å²) in [7, 11) is 0. The number of hydrogen-bond donors (Lipinski definition) is 3. The molecule has 0 bridgehead atoms.